The van der Waals surface area contributed by atoms with E-state index in [0.29, 0.717) is 18.8 Å². The maximum Gasteiger partial charge on any atom is 0.329 e. The van der Waals surface area contributed by atoms with Crippen LogP contribution in [0.2, 0.25) is 0 Å². The van der Waals surface area contributed by atoms with Crippen LogP contribution >= 0.6 is 0 Å². The van der Waals surface area contributed by atoms with E-state index in [4.69, 9.17) is 4.74 Å². The van der Waals surface area contributed by atoms with Crippen LogP contribution in [0.5, 0.6) is 0 Å². The van der Waals surface area contributed by atoms with Crippen LogP contribution in [-0.2, 0) is 19.1 Å². The molecule has 3 atom stereocenters. The number of carbonyl (C=O) groups excluding carboxylic acids is 3. The first-order valence-corrected chi connectivity index (χ1v) is 11.5. The van der Waals surface area contributed by atoms with Gasteiger partial charge in [0.2, 0.25) is 11.8 Å². The molecule has 0 aliphatic heterocycles. The summed E-state index contributed by atoms with van der Waals surface area (Å²) in [6.07, 6.45) is 1.20. The quantitative estimate of drug-likeness (QED) is 0.498. The zero-order valence-corrected chi connectivity index (χ0v) is 21.9. The van der Waals surface area contributed by atoms with Crippen molar-refractivity contribution >= 4 is 17.8 Å². The fourth-order valence-electron chi connectivity index (χ4n) is 3.70. The molecule has 7 heteroatoms. The van der Waals surface area contributed by atoms with Crippen molar-refractivity contribution in [3.05, 3.63) is 0 Å². The molecule has 182 valence electrons. The number of likely N-dealkylation sites (N-methyl/N-ethyl adjacent to an activating group) is 3. The third-order valence-corrected chi connectivity index (χ3v) is 5.19. The lowest BCUT2D eigenvalue weighted by Gasteiger charge is -2.38. The molecule has 0 aliphatic rings. The van der Waals surface area contributed by atoms with Crippen molar-refractivity contribution in [2.75, 3.05) is 21.1 Å². The number of nitrogens with one attached hydrogen (secondary N) is 1. The Morgan fingerprint density at radius 3 is 1.68 bits per heavy atom. The Morgan fingerprint density at radius 1 is 0.839 bits per heavy atom. The summed E-state index contributed by atoms with van der Waals surface area (Å²) >= 11 is 0. The lowest BCUT2D eigenvalue weighted by Crippen LogP contribution is -2.57. The molecule has 7 nitrogen and oxygen atoms in total. The van der Waals surface area contributed by atoms with Gasteiger partial charge in [0.25, 0.3) is 0 Å². The molecule has 0 aromatic heterocycles. The molecule has 0 aromatic carbocycles. The SMILES string of the molecule is CN[C@H](CC(C)C)C(=O)N(C)[C@@H](CC(C)C)C(=O)N(C)[C@H](C(=O)OC(C)(C)C)C(C)C. The summed E-state index contributed by atoms with van der Waals surface area (Å²) in [5, 5.41) is 3.09. The normalized spacial score (nSPS) is 15.1. The average molecular weight is 442 g/mol. The summed E-state index contributed by atoms with van der Waals surface area (Å²) in [6.45, 7) is 17.4. The summed E-state index contributed by atoms with van der Waals surface area (Å²) in [6, 6.07) is -1.73. The summed E-state index contributed by atoms with van der Waals surface area (Å²) in [5.41, 5.74) is -0.644. The van der Waals surface area contributed by atoms with Crippen LogP contribution in [0.3, 0.4) is 0 Å². The standard InChI is InChI=1S/C24H47N3O4/c1-15(2)13-18(25-10)21(28)26(11)19(14-16(3)4)22(29)27(12)20(17(5)6)23(30)31-24(7,8)9/h15-20,25H,13-14H2,1-12H3/t18-,19+,20+/m1/s1. The number of ether oxygens (including phenoxy) is 1. The number of amides is 2. The Morgan fingerprint density at radius 2 is 1.32 bits per heavy atom. The van der Waals surface area contributed by atoms with Crippen molar-refractivity contribution in [2.45, 2.75) is 98.9 Å². The summed E-state index contributed by atoms with van der Waals surface area (Å²) in [5.74, 6) is -0.363. The van der Waals surface area contributed by atoms with E-state index in [-0.39, 0.29) is 29.7 Å². The van der Waals surface area contributed by atoms with Crippen molar-refractivity contribution in [1.82, 2.24) is 15.1 Å². The second kappa shape index (κ2) is 12.4. The molecule has 2 amide bonds. The first-order valence-electron chi connectivity index (χ1n) is 11.5. The Hall–Kier alpha value is -1.63. The third kappa shape index (κ3) is 9.58. The minimum absolute atomic E-state index is 0.109. The number of rotatable bonds is 11. The second-order valence-corrected chi connectivity index (χ2v) is 10.7. The van der Waals surface area contributed by atoms with Crippen LogP contribution < -0.4 is 5.32 Å². The Bertz CT molecular complexity index is 596. The fraction of sp³-hybridized carbons (Fsp3) is 0.875. The first kappa shape index (κ1) is 29.4. The van der Waals surface area contributed by atoms with Crippen LogP contribution in [0.15, 0.2) is 0 Å². The molecule has 0 spiro atoms. The number of nitrogens with zero attached hydrogens (tertiary/aromatic N) is 2. The molecular formula is C24H47N3O4. The predicted molar refractivity (Wildman–Crippen MR) is 126 cm³/mol. The van der Waals surface area contributed by atoms with Gasteiger partial charge in [0.15, 0.2) is 0 Å². The van der Waals surface area contributed by atoms with Crippen LogP contribution in [0.4, 0.5) is 0 Å². The van der Waals surface area contributed by atoms with E-state index in [2.05, 4.69) is 19.2 Å². The number of esters is 1. The largest absolute Gasteiger partial charge is 0.458 e. The van der Waals surface area contributed by atoms with Crippen LogP contribution in [0.1, 0.15) is 75.2 Å². The molecule has 0 saturated carbocycles. The van der Waals surface area contributed by atoms with Gasteiger partial charge in [-0.15, -0.1) is 0 Å². The summed E-state index contributed by atoms with van der Waals surface area (Å²) in [4.78, 5) is 42.6. The monoisotopic (exact) mass is 441 g/mol. The Balaban J connectivity index is 5.86. The zero-order chi connectivity index (χ0) is 24.7. The van der Waals surface area contributed by atoms with Gasteiger partial charge in [-0.05, 0) is 58.4 Å². The van der Waals surface area contributed by atoms with Crippen LogP contribution in [0, 0.1) is 17.8 Å². The highest BCUT2D eigenvalue weighted by molar-refractivity contribution is 5.92. The molecular weight excluding hydrogens is 394 g/mol. The predicted octanol–water partition coefficient (Wildman–Crippen LogP) is 3.32. The molecule has 0 aromatic rings. The molecule has 0 rings (SSSR count). The molecule has 0 bridgehead atoms. The lowest BCUT2D eigenvalue weighted by molar-refractivity contribution is -0.167. The van der Waals surface area contributed by atoms with Gasteiger partial charge in [-0.2, -0.15) is 0 Å². The average Bonchev–Trinajstić information content (AvgIpc) is 2.60. The van der Waals surface area contributed by atoms with E-state index >= 15 is 0 Å². The van der Waals surface area contributed by atoms with Crippen molar-refractivity contribution in [1.29, 1.82) is 0 Å². The highest BCUT2D eigenvalue weighted by Gasteiger charge is 2.39. The van der Waals surface area contributed by atoms with E-state index in [1.54, 1.807) is 26.0 Å². The van der Waals surface area contributed by atoms with Gasteiger partial charge < -0.3 is 19.9 Å². The van der Waals surface area contributed by atoms with Crippen molar-refractivity contribution in [2.24, 2.45) is 17.8 Å². The molecule has 1 N–H and O–H groups in total. The van der Waals surface area contributed by atoms with Crippen molar-refractivity contribution < 1.29 is 19.1 Å². The topological polar surface area (TPSA) is 79.0 Å². The van der Waals surface area contributed by atoms with Gasteiger partial charge in [-0.1, -0.05) is 41.5 Å². The summed E-state index contributed by atoms with van der Waals surface area (Å²) in [7, 11) is 5.08. The Labute approximate surface area is 190 Å². The van der Waals surface area contributed by atoms with Gasteiger partial charge in [0.05, 0.1) is 6.04 Å². The minimum atomic E-state index is -0.722. The summed E-state index contributed by atoms with van der Waals surface area (Å²) < 4.78 is 5.58. The number of hydrogen-bond acceptors (Lipinski definition) is 5. The van der Waals surface area contributed by atoms with Gasteiger partial charge in [0, 0.05) is 14.1 Å². The van der Waals surface area contributed by atoms with Gasteiger partial charge in [-0.25, -0.2) is 4.79 Å². The van der Waals surface area contributed by atoms with Gasteiger partial charge in [0.1, 0.15) is 17.7 Å². The highest BCUT2D eigenvalue weighted by atomic mass is 16.6. The highest BCUT2D eigenvalue weighted by Crippen LogP contribution is 2.21. The zero-order valence-electron chi connectivity index (χ0n) is 21.9. The molecule has 0 aliphatic carbocycles. The number of hydrogen-bond donors (Lipinski definition) is 1. The van der Waals surface area contributed by atoms with Gasteiger partial charge >= 0.3 is 5.97 Å². The van der Waals surface area contributed by atoms with E-state index in [1.807, 2.05) is 48.5 Å². The van der Waals surface area contributed by atoms with E-state index < -0.39 is 23.7 Å². The van der Waals surface area contributed by atoms with E-state index in [9.17, 15) is 14.4 Å². The van der Waals surface area contributed by atoms with Crippen LogP contribution in [0.25, 0.3) is 0 Å². The van der Waals surface area contributed by atoms with Crippen molar-refractivity contribution in [3.8, 4) is 0 Å². The number of carbonyl (C=O) groups is 3. The first-order chi connectivity index (χ1) is 14.0. The maximum absolute atomic E-state index is 13.6. The maximum atomic E-state index is 13.6. The van der Waals surface area contributed by atoms with E-state index in [1.165, 1.54) is 4.90 Å². The molecule has 0 radical (unpaired) electrons. The fourth-order valence-corrected chi connectivity index (χ4v) is 3.70. The minimum Gasteiger partial charge on any atom is -0.458 e. The second-order valence-electron chi connectivity index (χ2n) is 10.7. The molecule has 0 heterocycles. The van der Waals surface area contributed by atoms with Crippen LogP contribution in [-0.4, -0.2) is 72.5 Å². The van der Waals surface area contributed by atoms with Crippen molar-refractivity contribution in [3.63, 3.8) is 0 Å². The molecule has 0 unspecified atom stereocenters. The van der Waals surface area contributed by atoms with Gasteiger partial charge in [-0.3, -0.25) is 9.59 Å². The molecule has 0 fully saturated rings. The molecule has 0 saturated heterocycles. The Kier molecular flexibility index (Phi) is 11.8. The third-order valence-electron chi connectivity index (χ3n) is 5.19. The smallest absolute Gasteiger partial charge is 0.329 e. The van der Waals surface area contributed by atoms with E-state index in [0.717, 1.165) is 0 Å². The molecule has 31 heavy (non-hydrogen) atoms. The lowest BCUT2D eigenvalue weighted by atomic mass is 9.96.